The molecule has 0 fully saturated rings. The quantitative estimate of drug-likeness (QED) is 0.182. The second kappa shape index (κ2) is 30.1. The Morgan fingerprint density at radius 2 is 1.33 bits per heavy atom. The molecule has 0 spiro atoms. The van der Waals surface area contributed by atoms with E-state index in [4.69, 9.17) is 5.26 Å². The average Bonchev–Trinajstić information content (AvgIpc) is 0.918. The molecule has 0 saturated carbocycles. The molecule has 0 radical (unpaired) electrons. The van der Waals surface area contributed by atoms with Crippen molar-refractivity contribution in [1.29, 1.82) is 5.26 Å². The smallest absolute Gasteiger partial charge is 0.870 e. The summed E-state index contributed by atoms with van der Waals surface area (Å²) in [6.45, 7) is 0. The third-order valence-corrected chi connectivity index (χ3v) is 0. The standard InChI is InChI=1S/CHNS.2Na.H2O/c2-1-3;;;/h3H;;;1H2/q;2*+1;/p-2. The summed E-state index contributed by atoms with van der Waals surface area (Å²) in [7, 11) is 0. The van der Waals surface area contributed by atoms with Crippen molar-refractivity contribution in [3.8, 4) is 5.40 Å². The van der Waals surface area contributed by atoms with Crippen LogP contribution in [0.25, 0.3) is 0 Å². The molecule has 0 heterocycles. The summed E-state index contributed by atoms with van der Waals surface area (Å²) in [5.41, 5.74) is 0. The van der Waals surface area contributed by atoms with Crippen LogP contribution >= 0.6 is 0 Å². The van der Waals surface area contributed by atoms with E-state index < -0.39 is 0 Å². The summed E-state index contributed by atoms with van der Waals surface area (Å²) >= 11 is 3.70. The Hall–Kier alpha value is 1.67. The number of thiocyanates is 1. The first-order chi connectivity index (χ1) is 1.41. The van der Waals surface area contributed by atoms with E-state index in [-0.39, 0.29) is 64.6 Å². The molecule has 6 heavy (non-hydrogen) atoms. The normalized spacial score (nSPS) is 1.17. The van der Waals surface area contributed by atoms with Crippen LogP contribution in [0.15, 0.2) is 0 Å². The summed E-state index contributed by atoms with van der Waals surface area (Å²) in [5.74, 6) is 0. The summed E-state index contributed by atoms with van der Waals surface area (Å²) < 4.78 is 0. The van der Waals surface area contributed by atoms with E-state index in [9.17, 15) is 0 Å². The van der Waals surface area contributed by atoms with E-state index in [1.54, 1.807) is 0 Å². The zero-order valence-electron chi connectivity index (χ0n) is 3.80. The van der Waals surface area contributed by atoms with Gasteiger partial charge in [0.15, 0.2) is 0 Å². The zero-order valence-corrected chi connectivity index (χ0v) is 8.62. The van der Waals surface area contributed by atoms with Gasteiger partial charge in [0.25, 0.3) is 0 Å². The van der Waals surface area contributed by atoms with Crippen LogP contribution in [0.5, 0.6) is 0 Å². The molecule has 0 amide bonds. The molecule has 24 valence electrons. The summed E-state index contributed by atoms with van der Waals surface area (Å²) in [6, 6.07) is 0. The molecule has 0 aliphatic carbocycles. The van der Waals surface area contributed by atoms with Gasteiger partial charge in [0.2, 0.25) is 0 Å². The van der Waals surface area contributed by atoms with Crippen molar-refractivity contribution in [3.63, 3.8) is 0 Å². The summed E-state index contributed by atoms with van der Waals surface area (Å²) in [4.78, 5) is 0. The minimum atomic E-state index is 0. The Balaban J connectivity index is -0.00000000667. The van der Waals surface area contributed by atoms with Crippen molar-refractivity contribution in [1.82, 2.24) is 0 Å². The topological polar surface area (TPSA) is 53.8 Å². The Kier molecular flexibility index (Phi) is 127. The number of hydrogen-bond acceptors (Lipinski definition) is 3. The maximum atomic E-state index is 7.13. The predicted molar refractivity (Wildman–Crippen MR) is 14.9 cm³/mol. The van der Waals surface area contributed by atoms with Gasteiger partial charge >= 0.3 is 59.1 Å². The predicted octanol–water partition coefficient (Wildman–Crippen LogP) is -6.15. The molecule has 0 saturated heterocycles. The summed E-state index contributed by atoms with van der Waals surface area (Å²) in [6.07, 6.45) is 0. The molecule has 2 nitrogen and oxygen atoms in total. The molecule has 0 aromatic heterocycles. The first-order valence-electron chi connectivity index (χ1n) is 0.428. The van der Waals surface area contributed by atoms with Gasteiger partial charge in [-0.3, -0.25) is 0 Å². The van der Waals surface area contributed by atoms with Crippen LogP contribution in [0.2, 0.25) is 0 Å². The number of nitriles is 1. The van der Waals surface area contributed by atoms with Crippen molar-refractivity contribution in [2.75, 3.05) is 0 Å². The Morgan fingerprint density at radius 1 is 1.33 bits per heavy atom. The van der Waals surface area contributed by atoms with E-state index >= 15 is 0 Å². The second-order valence-electron chi connectivity index (χ2n) is 0.0913. The first kappa shape index (κ1) is 25.3. The molecule has 0 aliphatic rings. The van der Waals surface area contributed by atoms with Gasteiger partial charge in [0, 0.05) is 0 Å². The minimum Gasteiger partial charge on any atom is -0.870 e. The molecule has 0 unspecified atom stereocenters. The van der Waals surface area contributed by atoms with Crippen LogP contribution in [0.3, 0.4) is 0 Å². The Morgan fingerprint density at radius 3 is 1.33 bits per heavy atom. The van der Waals surface area contributed by atoms with Gasteiger partial charge in [-0.05, 0) is 0 Å². The van der Waals surface area contributed by atoms with Crippen molar-refractivity contribution >= 4 is 12.6 Å². The second-order valence-corrected chi connectivity index (χ2v) is 0.274. The van der Waals surface area contributed by atoms with Crippen LogP contribution in [-0.2, 0) is 12.6 Å². The molecule has 0 rings (SSSR count). The minimum absolute atomic E-state index is 0. The third kappa shape index (κ3) is 44.3. The van der Waals surface area contributed by atoms with Gasteiger partial charge in [0.1, 0.15) is 0 Å². The van der Waals surface area contributed by atoms with Crippen molar-refractivity contribution in [2.45, 2.75) is 0 Å². The van der Waals surface area contributed by atoms with Crippen molar-refractivity contribution < 1.29 is 64.6 Å². The fourth-order valence-electron chi connectivity index (χ4n) is 0. The third-order valence-electron chi connectivity index (χ3n) is 0. The average molecular weight is 121 g/mol. The molecule has 0 aromatic rings. The van der Waals surface area contributed by atoms with E-state index in [1.807, 2.05) is 0 Å². The SMILES string of the molecule is N#C[S-].[Na+].[Na+].[OH-]. The molecule has 1 N–H and O–H groups in total. The van der Waals surface area contributed by atoms with E-state index in [0.717, 1.165) is 0 Å². The molecule has 0 bridgehead atoms. The van der Waals surface area contributed by atoms with Crippen molar-refractivity contribution in [2.24, 2.45) is 0 Å². The zero-order chi connectivity index (χ0) is 2.71. The van der Waals surface area contributed by atoms with Crippen LogP contribution in [-0.4, -0.2) is 5.48 Å². The van der Waals surface area contributed by atoms with Gasteiger partial charge in [-0.2, -0.15) is 0 Å². The summed E-state index contributed by atoms with van der Waals surface area (Å²) in [5, 5.41) is 8.47. The Bertz CT molecular complexity index is 35.0. The van der Waals surface area contributed by atoms with Gasteiger partial charge in [0.05, 0.1) is 0 Å². The number of hydrogen-bond donors (Lipinski definition) is 0. The van der Waals surface area contributed by atoms with Gasteiger partial charge in [-0.25, -0.2) is 5.26 Å². The molecule has 5 heteroatoms. The first-order valence-corrected chi connectivity index (χ1v) is 0.836. The van der Waals surface area contributed by atoms with Crippen LogP contribution in [0.1, 0.15) is 0 Å². The molecular weight excluding hydrogens is 120 g/mol. The number of rotatable bonds is 0. The van der Waals surface area contributed by atoms with Crippen LogP contribution < -0.4 is 59.1 Å². The maximum Gasteiger partial charge on any atom is 1.00 e. The van der Waals surface area contributed by atoms with Gasteiger partial charge in [-0.1, -0.05) is 5.40 Å². The van der Waals surface area contributed by atoms with Crippen molar-refractivity contribution in [3.05, 3.63) is 0 Å². The molecule has 0 aromatic carbocycles. The van der Waals surface area contributed by atoms with Gasteiger partial charge < -0.3 is 18.1 Å². The van der Waals surface area contributed by atoms with Gasteiger partial charge in [-0.15, -0.1) is 0 Å². The molecule has 0 atom stereocenters. The fraction of sp³-hybridized carbons (Fsp3) is 0. The molecular formula is CHNNa2OS. The monoisotopic (exact) mass is 121 g/mol. The fourth-order valence-corrected chi connectivity index (χ4v) is 0. The van der Waals surface area contributed by atoms with E-state index in [0.29, 0.717) is 0 Å². The van der Waals surface area contributed by atoms with E-state index in [2.05, 4.69) is 12.6 Å². The number of nitrogens with zero attached hydrogens (tertiary/aromatic N) is 1. The van der Waals surface area contributed by atoms with Crippen LogP contribution in [0.4, 0.5) is 0 Å². The molecule has 0 aliphatic heterocycles. The largest absolute Gasteiger partial charge is 1.00 e. The Labute approximate surface area is 86.6 Å². The maximum absolute atomic E-state index is 7.13. The van der Waals surface area contributed by atoms with E-state index in [1.165, 1.54) is 5.40 Å². The van der Waals surface area contributed by atoms with Crippen LogP contribution in [0, 0.1) is 10.7 Å².